The molecule has 1 atom stereocenters. The van der Waals surface area contributed by atoms with Crippen LogP contribution in [0.5, 0.6) is 0 Å². The Hall–Kier alpha value is -2.46. The largest absolute Gasteiger partial charge is 0.416 e. The van der Waals surface area contributed by atoms with Crippen LogP contribution in [-0.4, -0.2) is 60.4 Å². The molecule has 0 bridgehead atoms. The summed E-state index contributed by atoms with van der Waals surface area (Å²) in [6.07, 6.45) is -0.561. The average molecular weight is 497 g/mol. The highest BCUT2D eigenvalue weighted by molar-refractivity contribution is 6.10. The van der Waals surface area contributed by atoms with Gasteiger partial charge in [0, 0.05) is 16.8 Å². The molecular weight excluding hydrogens is 459 g/mol. The van der Waals surface area contributed by atoms with Crippen molar-refractivity contribution >= 4 is 17.5 Å². The van der Waals surface area contributed by atoms with Gasteiger partial charge in [-0.05, 0) is 56.6 Å². The number of rotatable bonds is 8. The number of carbonyl (C=O) groups excluding carboxylic acids is 1. The molecule has 1 saturated heterocycles. The number of hydrogen-bond donors (Lipinski definition) is 5. The summed E-state index contributed by atoms with van der Waals surface area (Å²) in [5.74, 6) is 0.118. The molecule has 35 heavy (non-hydrogen) atoms. The number of aliphatic imine (C=N–C) groups is 1. The van der Waals surface area contributed by atoms with Crippen LogP contribution in [0.15, 0.2) is 23.2 Å². The molecule has 1 saturated carbocycles. The lowest BCUT2D eigenvalue weighted by molar-refractivity contribution is -0.966. The van der Waals surface area contributed by atoms with E-state index in [1.54, 1.807) is 0 Å². The van der Waals surface area contributed by atoms with E-state index < -0.39 is 11.7 Å². The van der Waals surface area contributed by atoms with E-state index in [0.29, 0.717) is 12.0 Å². The topological polar surface area (TPSA) is 116 Å². The summed E-state index contributed by atoms with van der Waals surface area (Å²) in [5, 5.41) is 21.0. The van der Waals surface area contributed by atoms with Crippen molar-refractivity contribution in [3.63, 3.8) is 0 Å². The van der Waals surface area contributed by atoms with Gasteiger partial charge < -0.3 is 26.5 Å². The predicted molar refractivity (Wildman–Crippen MR) is 129 cm³/mol. The van der Waals surface area contributed by atoms with Crippen molar-refractivity contribution in [3.8, 4) is 0 Å². The molecule has 1 unspecified atom stereocenters. The maximum Gasteiger partial charge on any atom is 0.416 e. The standard InChI is InChI=1S/C25H36F3N5O2/c1-14(2)23(35)16-4-7-19(8-5-16)33-12-18(13-33)32-22(34)11-31-24(30)21-10-17(25(26,27)28)6-9-20(21)15(3)29/h6,9-10,14,16,18-19,23,29,35H,4-5,7-8,11-13H2,1-3H3,(H2,30,31)(H,32,34)/p+1. The Morgan fingerprint density at radius 2 is 1.86 bits per heavy atom. The molecular formula is C25H37F3N5O2+. The Bertz CT molecular complexity index is 949. The van der Waals surface area contributed by atoms with Crippen molar-refractivity contribution < 1.29 is 28.0 Å². The molecule has 10 heteroatoms. The zero-order valence-electron chi connectivity index (χ0n) is 20.6. The summed E-state index contributed by atoms with van der Waals surface area (Å²) in [6, 6.07) is 3.56. The Morgan fingerprint density at radius 3 is 2.40 bits per heavy atom. The molecule has 2 aliphatic rings. The summed E-state index contributed by atoms with van der Waals surface area (Å²) < 4.78 is 39.3. The quantitative estimate of drug-likeness (QED) is 0.279. The Kier molecular flexibility index (Phi) is 8.58. The van der Waals surface area contributed by atoms with E-state index >= 15 is 0 Å². The van der Waals surface area contributed by atoms with E-state index in [1.807, 2.05) is 0 Å². The number of nitrogens with two attached hydrogens (primary N) is 1. The van der Waals surface area contributed by atoms with Crippen LogP contribution in [0.3, 0.4) is 0 Å². The van der Waals surface area contributed by atoms with E-state index in [2.05, 4.69) is 24.2 Å². The molecule has 3 rings (SSSR count). The van der Waals surface area contributed by atoms with Gasteiger partial charge in [-0.15, -0.1) is 0 Å². The zero-order valence-corrected chi connectivity index (χ0v) is 20.6. The smallest absolute Gasteiger partial charge is 0.393 e. The van der Waals surface area contributed by atoms with E-state index in [4.69, 9.17) is 11.1 Å². The first kappa shape index (κ1) is 27.1. The lowest BCUT2D eigenvalue weighted by atomic mass is 9.78. The van der Waals surface area contributed by atoms with Gasteiger partial charge in [0.05, 0.1) is 17.7 Å². The Labute approximate surface area is 204 Å². The molecule has 6 N–H and O–H groups in total. The highest BCUT2D eigenvalue weighted by atomic mass is 19.4. The van der Waals surface area contributed by atoms with E-state index in [1.165, 1.54) is 17.9 Å². The summed E-state index contributed by atoms with van der Waals surface area (Å²) in [4.78, 5) is 17.8. The van der Waals surface area contributed by atoms with E-state index in [0.717, 1.165) is 50.9 Å². The predicted octanol–water partition coefficient (Wildman–Crippen LogP) is 1.76. The lowest BCUT2D eigenvalue weighted by Crippen LogP contribution is -3.25. The molecule has 1 aliphatic carbocycles. The van der Waals surface area contributed by atoms with Crippen LogP contribution in [0.4, 0.5) is 13.2 Å². The fourth-order valence-electron chi connectivity index (χ4n) is 5.20. The normalized spacial score (nSPS) is 26.2. The lowest BCUT2D eigenvalue weighted by Gasteiger charge is -2.44. The molecule has 0 aromatic heterocycles. The zero-order chi connectivity index (χ0) is 25.9. The number of alkyl halides is 3. The fourth-order valence-corrected chi connectivity index (χ4v) is 5.20. The van der Waals surface area contributed by atoms with Gasteiger partial charge in [-0.25, -0.2) is 0 Å². The van der Waals surface area contributed by atoms with Crippen LogP contribution in [0.1, 0.15) is 63.1 Å². The summed E-state index contributed by atoms with van der Waals surface area (Å²) in [6.45, 7) is 6.93. The minimum absolute atomic E-state index is 0.00224. The molecule has 194 valence electrons. The number of amidine groups is 1. The molecule has 0 spiro atoms. The number of quaternary nitrogens is 1. The van der Waals surface area contributed by atoms with Gasteiger partial charge in [0.1, 0.15) is 31.5 Å². The van der Waals surface area contributed by atoms with Crippen molar-refractivity contribution in [1.82, 2.24) is 5.32 Å². The number of halogens is 3. The second-order valence-electron chi connectivity index (χ2n) is 10.3. The molecule has 1 aliphatic heterocycles. The van der Waals surface area contributed by atoms with Gasteiger partial charge in [-0.1, -0.05) is 19.9 Å². The number of nitrogens with one attached hydrogen (secondary N) is 3. The second-order valence-corrected chi connectivity index (χ2v) is 10.3. The molecule has 2 fully saturated rings. The maximum absolute atomic E-state index is 13.1. The van der Waals surface area contributed by atoms with Crippen LogP contribution >= 0.6 is 0 Å². The number of nitrogens with zero attached hydrogens (tertiary/aromatic N) is 1. The number of benzene rings is 1. The van der Waals surface area contributed by atoms with Crippen molar-refractivity contribution in [1.29, 1.82) is 5.41 Å². The number of aliphatic hydroxyl groups is 1. The molecule has 1 aromatic rings. The second kappa shape index (κ2) is 11.1. The van der Waals surface area contributed by atoms with Crippen molar-refractivity contribution in [3.05, 3.63) is 34.9 Å². The molecule has 7 nitrogen and oxygen atoms in total. The Balaban J connectivity index is 1.49. The van der Waals surface area contributed by atoms with Crippen LogP contribution in [0.2, 0.25) is 0 Å². The van der Waals surface area contributed by atoms with Gasteiger partial charge in [-0.3, -0.25) is 9.79 Å². The average Bonchev–Trinajstić information content (AvgIpc) is 2.78. The monoisotopic (exact) mass is 496 g/mol. The number of likely N-dealkylation sites (tertiary alicyclic amines) is 1. The highest BCUT2D eigenvalue weighted by Gasteiger charge is 2.40. The third kappa shape index (κ3) is 6.82. The SMILES string of the molecule is CC(=N)c1ccc(C(F)(F)F)cc1C(N)=NCC(=O)NC1C[NH+](C2CCC(C(O)C(C)C)CC2)C1. The number of hydrogen-bond acceptors (Lipinski definition) is 4. The molecule has 1 aromatic carbocycles. The van der Waals surface area contributed by atoms with Gasteiger partial charge in [0.15, 0.2) is 0 Å². The summed E-state index contributed by atoms with van der Waals surface area (Å²) in [5.41, 5.74) is 5.34. The van der Waals surface area contributed by atoms with Crippen LogP contribution < -0.4 is 16.0 Å². The highest BCUT2D eigenvalue weighted by Crippen LogP contribution is 2.31. The first-order valence-electron chi connectivity index (χ1n) is 12.3. The van der Waals surface area contributed by atoms with Crippen molar-refractivity contribution in [2.75, 3.05) is 19.6 Å². The van der Waals surface area contributed by atoms with Gasteiger partial charge >= 0.3 is 6.18 Å². The van der Waals surface area contributed by atoms with Crippen LogP contribution in [0, 0.1) is 17.2 Å². The van der Waals surface area contributed by atoms with Crippen molar-refractivity contribution in [2.45, 2.75) is 70.8 Å². The molecule has 1 heterocycles. The number of amides is 1. The molecule has 1 amide bonds. The van der Waals surface area contributed by atoms with Crippen LogP contribution in [0.25, 0.3) is 0 Å². The number of carbonyl (C=O) groups is 1. The van der Waals surface area contributed by atoms with Crippen LogP contribution in [-0.2, 0) is 11.0 Å². The first-order valence-corrected chi connectivity index (χ1v) is 12.3. The van der Waals surface area contributed by atoms with Gasteiger partial charge in [-0.2, -0.15) is 13.2 Å². The Morgan fingerprint density at radius 1 is 1.23 bits per heavy atom. The first-order chi connectivity index (χ1) is 16.4. The fraction of sp³-hybridized carbons (Fsp3) is 0.640. The third-order valence-corrected chi connectivity index (χ3v) is 7.32. The minimum atomic E-state index is -4.55. The van der Waals surface area contributed by atoms with Crippen molar-refractivity contribution in [2.24, 2.45) is 22.6 Å². The summed E-state index contributed by atoms with van der Waals surface area (Å²) >= 11 is 0. The number of aliphatic hydroxyl groups excluding tert-OH is 1. The molecule has 0 radical (unpaired) electrons. The van der Waals surface area contributed by atoms with E-state index in [-0.39, 0.29) is 53.2 Å². The maximum atomic E-state index is 13.1. The van der Waals surface area contributed by atoms with Gasteiger partial charge in [0.25, 0.3) is 0 Å². The minimum Gasteiger partial charge on any atom is -0.393 e. The van der Waals surface area contributed by atoms with Gasteiger partial charge in [0.2, 0.25) is 5.91 Å². The van der Waals surface area contributed by atoms with E-state index in [9.17, 15) is 23.1 Å². The third-order valence-electron chi connectivity index (χ3n) is 7.32. The summed E-state index contributed by atoms with van der Waals surface area (Å²) in [7, 11) is 0.